The second kappa shape index (κ2) is 8.57. The Morgan fingerprint density at radius 2 is 0.708 bits per heavy atom. The Kier molecular flexibility index (Phi) is 9.69. The molecule has 1 saturated heterocycles. The molecule has 1 rings (SSSR count). The standard InChI is InChI=1S/B2Cl14N4P4/c3-1(4)19(23(13,14)17-21(7,8)9)2(5,6)20(1)24(15,16)18-22(10,11)12. The van der Waals surface area contributed by atoms with Crippen molar-refractivity contribution in [3.05, 3.63) is 0 Å². The number of hydrogen-bond acceptors (Lipinski definition) is 0. The molecule has 0 amide bonds. The molecule has 24 heavy (non-hydrogen) atoms. The van der Waals surface area contributed by atoms with E-state index in [9.17, 15) is 0 Å². The Morgan fingerprint density at radius 3 is 0.875 bits per heavy atom. The Hall–Kier alpha value is 5.11. The monoisotopic (exact) mass is 691 g/mol. The summed E-state index contributed by atoms with van der Waals surface area (Å²) in [7, 11) is 0. The van der Waals surface area contributed by atoms with E-state index >= 15 is 0 Å². The zero-order chi connectivity index (χ0) is 19.6. The minimum absolute atomic E-state index is 0.871. The summed E-state index contributed by atoms with van der Waals surface area (Å²) in [5.41, 5.74) is 0. The van der Waals surface area contributed by atoms with Gasteiger partial charge < -0.3 is 8.30 Å². The summed E-state index contributed by atoms with van der Waals surface area (Å²) >= 11 is 83.5. The lowest BCUT2D eigenvalue weighted by Gasteiger charge is -2.53. The first-order chi connectivity index (χ1) is 10.1. The van der Waals surface area contributed by atoms with Gasteiger partial charge in [-0.2, -0.15) is 54.9 Å². The number of hydrogen-bond donors (Lipinski definition) is 0. The van der Waals surface area contributed by atoms with Crippen LogP contribution < -0.4 is 0 Å². The van der Waals surface area contributed by atoms with E-state index < -0.39 is 32.5 Å². The third-order valence-electron chi connectivity index (χ3n) is 2.25. The highest BCUT2D eigenvalue weighted by Crippen LogP contribution is 2.81. The van der Waals surface area contributed by atoms with Crippen LogP contribution in [0.5, 0.6) is 0 Å². The second-order valence-corrected chi connectivity index (χ2v) is 31.2. The van der Waals surface area contributed by atoms with E-state index in [4.69, 9.17) is 158 Å². The summed E-state index contributed by atoms with van der Waals surface area (Å²) < 4.78 is 9.17. The van der Waals surface area contributed by atoms with Crippen molar-refractivity contribution in [1.82, 2.24) is 0 Å². The zero-order valence-corrected chi connectivity index (χ0v) is 24.2. The first-order valence-electron chi connectivity index (χ1n) is 4.80. The van der Waals surface area contributed by atoms with Gasteiger partial charge in [0, 0.05) is 45.0 Å². The van der Waals surface area contributed by atoms with Crippen LogP contribution in [0.25, 0.3) is 0 Å². The van der Waals surface area contributed by atoms with E-state index in [1.165, 1.54) is 0 Å². The summed E-state index contributed by atoms with van der Waals surface area (Å²) in [5, 5.41) is -12.6. The highest BCUT2D eigenvalue weighted by Gasteiger charge is 2.74. The lowest BCUT2D eigenvalue weighted by Crippen LogP contribution is -2.75. The van der Waals surface area contributed by atoms with Crippen LogP contribution in [0, 0.1) is 0 Å². The molecule has 144 valence electrons. The second-order valence-electron chi connectivity index (χ2n) is 3.86. The third kappa shape index (κ3) is 6.55. The van der Waals surface area contributed by atoms with Gasteiger partial charge in [-0.3, -0.25) is 0 Å². The van der Waals surface area contributed by atoms with Gasteiger partial charge in [-0.15, -0.1) is 0 Å². The smallest absolute Gasteiger partial charge is 0.482 e. The SMILES string of the molecule is Cl[B-]1(Cl)[N+](=P(Cl)(Cl)N=P(Cl)(Cl)Cl)[B-](Cl)(Cl)[N+]1=P(Cl)(Cl)N=P(Cl)(Cl)Cl. The molecule has 0 radical (unpaired) electrons. The number of nitrogens with zero attached hydrogens (tertiary/aromatic N) is 4. The topological polar surface area (TPSA) is 30.7 Å². The fraction of sp³-hybridized carbons (Fsp3) is 0. The molecule has 0 N–H and O–H groups in total. The quantitative estimate of drug-likeness (QED) is 0.203. The zero-order valence-electron chi connectivity index (χ0n) is 10.0. The number of rotatable bonds is 2. The highest BCUT2D eigenvalue weighted by atomic mass is 36.1. The van der Waals surface area contributed by atoms with Crippen LogP contribution in [-0.2, 0) is 0 Å². The fourth-order valence-electron chi connectivity index (χ4n) is 1.61. The van der Waals surface area contributed by atoms with Crippen molar-refractivity contribution in [3.8, 4) is 0 Å². The van der Waals surface area contributed by atoms with Crippen molar-refractivity contribution in [2.24, 2.45) is 9.03 Å². The van der Waals surface area contributed by atoms with Crippen LogP contribution in [0.2, 0.25) is 0 Å². The molecule has 1 aliphatic rings. The molecule has 0 aromatic heterocycles. The first kappa shape index (κ1) is 27.1. The van der Waals surface area contributed by atoms with Gasteiger partial charge in [0.25, 0.3) is 0 Å². The molecule has 0 aromatic carbocycles. The lowest BCUT2D eigenvalue weighted by atomic mass is 9.78. The van der Waals surface area contributed by atoms with E-state index in [1.807, 2.05) is 0 Å². The maximum atomic E-state index is 6.24. The van der Waals surface area contributed by atoms with Gasteiger partial charge in [0.05, 0.1) is 0 Å². The summed E-state index contributed by atoms with van der Waals surface area (Å²) in [6.07, 6.45) is 0. The molecule has 0 aliphatic carbocycles. The molecule has 0 saturated carbocycles. The van der Waals surface area contributed by atoms with E-state index in [0.717, 1.165) is 8.30 Å². The summed E-state index contributed by atoms with van der Waals surface area (Å²) in [5.74, 6) is -7.32. The molecule has 4 nitrogen and oxygen atoms in total. The predicted octanol–water partition coefficient (Wildman–Crippen LogP) is 12.0. The Morgan fingerprint density at radius 1 is 0.500 bits per heavy atom. The molecular formula is B2Cl14N4P4. The maximum Gasteiger partial charge on any atom is 0.628 e. The Labute approximate surface area is 205 Å². The minimum Gasteiger partial charge on any atom is -0.482 e. The highest BCUT2D eigenvalue weighted by molar-refractivity contribution is 8.30. The molecule has 1 heterocycles. The Balaban J connectivity index is 3.90. The van der Waals surface area contributed by atoms with Gasteiger partial charge in [-0.1, -0.05) is 0 Å². The van der Waals surface area contributed by atoms with Crippen molar-refractivity contribution < 1.29 is 8.30 Å². The normalized spacial score (nSPS) is 21.4. The average molecular weight is 698 g/mol. The van der Waals surface area contributed by atoms with Crippen LogP contribution in [0.3, 0.4) is 0 Å². The molecule has 0 spiro atoms. The van der Waals surface area contributed by atoms with Crippen LogP contribution in [0.4, 0.5) is 0 Å². The van der Waals surface area contributed by atoms with Crippen molar-refractivity contribution in [3.63, 3.8) is 0 Å². The fourth-order valence-corrected chi connectivity index (χ4v) is 28.9. The molecule has 24 heteroatoms. The molecular weight excluding hydrogens is 698 g/mol. The van der Waals surface area contributed by atoms with E-state index in [0.29, 0.717) is 0 Å². The van der Waals surface area contributed by atoms with E-state index in [1.54, 1.807) is 0 Å². The van der Waals surface area contributed by atoms with Gasteiger partial charge in [0.2, 0.25) is 10.2 Å². The van der Waals surface area contributed by atoms with Crippen molar-refractivity contribution in [2.75, 3.05) is 0 Å². The van der Waals surface area contributed by atoms with Gasteiger partial charge in [-0.05, 0) is 67.4 Å². The van der Waals surface area contributed by atoms with E-state index in [2.05, 4.69) is 9.03 Å². The van der Waals surface area contributed by atoms with Crippen LogP contribution in [-0.4, -0.2) is 18.8 Å². The van der Waals surface area contributed by atoms with Gasteiger partial charge >= 0.3 is 22.3 Å². The van der Waals surface area contributed by atoms with Gasteiger partial charge in [0.15, 0.2) is 0 Å². The molecule has 0 atom stereocenters. The first-order valence-corrected chi connectivity index (χ1v) is 22.5. The molecule has 1 aliphatic heterocycles. The minimum atomic E-state index is -3.66. The third-order valence-corrected chi connectivity index (χ3v) is 19.0. The van der Waals surface area contributed by atoms with Gasteiger partial charge in [-0.25, -0.2) is 0 Å². The Bertz CT molecular complexity index is 670. The molecule has 0 bridgehead atoms. The molecule has 0 unspecified atom stereocenters. The van der Waals surface area contributed by atoms with Crippen LogP contribution in [0.1, 0.15) is 0 Å². The molecule has 0 aromatic rings. The lowest BCUT2D eigenvalue weighted by molar-refractivity contribution is -0.487. The van der Waals surface area contributed by atoms with Gasteiger partial charge in [0.1, 0.15) is 0 Å². The van der Waals surface area contributed by atoms with Crippen LogP contribution in [0.15, 0.2) is 9.03 Å². The predicted molar refractivity (Wildman–Crippen MR) is 127 cm³/mol. The van der Waals surface area contributed by atoms with Crippen molar-refractivity contribution >= 4 is 191 Å². The van der Waals surface area contributed by atoms with E-state index in [-0.39, 0.29) is 0 Å². The summed E-state index contributed by atoms with van der Waals surface area (Å²) in [4.78, 5) is 0. The van der Waals surface area contributed by atoms with Crippen molar-refractivity contribution in [2.45, 2.75) is 0 Å². The summed E-state index contributed by atoms with van der Waals surface area (Å²) in [6.45, 7) is 0. The summed E-state index contributed by atoms with van der Waals surface area (Å²) in [6, 6.07) is 0. The average Bonchev–Trinajstić information content (AvgIpc) is 2.00. The molecule has 1 fully saturated rings. The van der Waals surface area contributed by atoms with Crippen LogP contribution >= 0.6 is 180 Å². The largest absolute Gasteiger partial charge is 0.628 e. The van der Waals surface area contributed by atoms with Crippen molar-refractivity contribution in [1.29, 1.82) is 0 Å². The maximum absolute atomic E-state index is 6.24. The number of halogens is 14.